The first-order chi connectivity index (χ1) is 6.61. The number of alkyl halides is 1. The number of hydrogen-bond donors (Lipinski definition) is 0. The summed E-state index contributed by atoms with van der Waals surface area (Å²) < 4.78 is 0. The minimum atomic E-state index is 0.482. The van der Waals surface area contributed by atoms with E-state index in [-0.39, 0.29) is 0 Å². The summed E-state index contributed by atoms with van der Waals surface area (Å²) in [4.78, 5) is 10.9. The molecule has 1 aliphatic carbocycles. The van der Waals surface area contributed by atoms with Gasteiger partial charge in [0.2, 0.25) is 0 Å². The van der Waals surface area contributed by atoms with Gasteiger partial charge in [-0.3, -0.25) is 4.79 Å². The van der Waals surface area contributed by atoms with Crippen LogP contribution >= 0.6 is 11.6 Å². The van der Waals surface area contributed by atoms with Gasteiger partial charge >= 0.3 is 0 Å². The summed E-state index contributed by atoms with van der Waals surface area (Å²) in [5.41, 5.74) is 5.24. The van der Waals surface area contributed by atoms with Crippen molar-refractivity contribution < 1.29 is 4.79 Å². The molecule has 1 nitrogen and oxygen atoms in total. The van der Waals surface area contributed by atoms with E-state index in [9.17, 15) is 4.79 Å². The summed E-state index contributed by atoms with van der Waals surface area (Å²) in [7, 11) is 0. The van der Waals surface area contributed by atoms with Gasteiger partial charge in [-0.2, -0.15) is 0 Å². The molecule has 0 amide bonds. The molecule has 1 rings (SSSR count). The zero-order valence-electron chi connectivity index (χ0n) is 8.86. The van der Waals surface area contributed by atoms with Crippen LogP contribution < -0.4 is 0 Å². The lowest BCUT2D eigenvalue weighted by molar-refractivity contribution is -0.104. The third-order valence-corrected chi connectivity index (χ3v) is 3.03. The summed E-state index contributed by atoms with van der Waals surface area (Å²) in [6, 6.07) is 0. The van der Waals surface area contributed by atoms with Crippen LogP contribution in [-0.2, 0) is 4.79 Å². The van der Waals surface area contributed by atoms with Crippen LogP contribution in [0.5, 0.6) is 0 Å². The van der Waals surface area contributed by atoms with E-state index in [2.05, 4.69) is 13.0 Å². The smallest absolute Gasteiger partial charge is 0.150 e. The Labute approximate surface area is 90.1 Å². The normalized spacial score (nSPS) is 18.1. The average Bonchev–Trinajstić information content (AvgIpc) is 2.25. The SMILES string of the molecule is CC1=CCC(C)=C(CCl)C(C)=C1C=O. The van der Waals surface area contributed by atoms with Crippen LogP contribution in [-0.4, -0.2) is 12.2 Å². The van der Waals surface area contributed by atoms with Crippen molar-refractivity contribution >= 4 is 17.9 Å². The largest absolute Gasteiger partial charge is 0.298 e. The highest BCUT2D eigenvalue weighted by atomic mass is 35.5. The van der Waals surface area contributed by atoms with E-state index in [1.165, 1.54) is 5.57 Å². The lowest BCUT2D eigenvalue weighted by atomic mass is 9.98. The first-order valence-electron chi connectivity index (χ1n) is 4.70. The summed E-state index contributed by atoms with van der Waals surface area (Å²) in [6.07, 6.45) is 3.90. The van der Waals surface area contributed by atoms with Gasteiger partial charge in [0.1, 0.15) is 0 Å². The van der Waals surface area contributed by atoms with E-state index >= 15 is 0 Å². The molecule has 0 heterocycles. The van der Waals surface area contributed by atoms with Gasteiger partial charge in [-0.05, 0) is 43.9 Å². The van der Waals surface area contributed by atoms with E-state index in [1.54, 1.807) is 0 Å². The van der Waals surface area contributed by atoms with Crippen LogP contribution in [0.25, 0.3) is 0 Å². The lowest BCUT2D eigenvalue weighted by Crippen LogP contribution is -1.97. The molecule has 0 bridgehead atoms. The molecule has 0 saturated heterocycles. The molecule has 0 N–H and O–H groups in total. The zero-order valence-corrected chi connectivity index (χ0v) is 9.61. The predicted molar refractivity (Wildman–Crippen MR) is 60.6 cm³/mol. The fourth-order valence-electron chi connectivity index (χ4n) is 1.71. The predicted octanol–water partition coefficient (Wildman–Crippen LogP) is 3.41. The molecule has 0 aliphatic heterocycles. The second-order valence-corrected chi connectivity index (χ2v) is 3.91. The molecular formula is C12H15ClO. The maximum atomic E-state index is 10.9. The van der Waals surface area contributed by atoms with Crippen LogP contribution in [0.4, 0.5) is 0 Å². The highest BCUT2D eigenvalue weighted by Gasteiger charge is 2.13. The molecule has 0 unspecified atom stereocenters. The number of allylic oxidation sites excluding steroid dienone is 6. The molecule has 0 aromatic heterocycles. The molecule has 0 atom stereocenters. The first kappa shape index (κ1) is 11.3. The fraction of sp³-hybridized carbons (Fsp3) is 0.417. The molecule has 0 saturated carbocycles. The maximum absolute atomic E-state index is 10.9. The second-order valence-electron chi connectivity index (χ2n) is 3.64. The van der Waals surface area contributed by atoms with Gasteiger partial charge in [-0.25, -0.2) is 0 Å². The summed E-state index contributed by atoms with van der Waals surface area (Å²) in [5, 5.41) is 0. The highest BCUT2D eigenvalue weighted by Crippen LogP contribution is 2.28. The molecule has 0 spiro atoms. The lowest BCUT2D eigenvalue weighted by Gasteiger charge is -2.09. The minimum Gasteiger partial charge on any atom is -0.298 e. The summed E-state index contributed by atoms with van der Waals surface area (Å²) in [6.45, 7) is 6.00. The molecule has 2 heteroatoms. The van der Waals surface area contributed by atoms with Crippen LogP contribution in [0.3, 0.4) is 0 Å². The minimum absolute atomic E-state index is 0.482. The molecule has 1 aliphatic rings. The van der Waals surface area contributed by atoms with Crippen molar-refractivity contribution in [3.63, 3.8) is 0 Å². The number of halogens is 1. The zero-order chi connectivity index (χ0) is 10.7. The third-order valence-electron chi connectivity index (χ3n) is 2.76. The molecule has 0 radical (unpaired) electrons. The number of hydrogen-bond acceptors (Lipinski definition) is 1. The number of aldehydes is 1. The van der Waals surface area contributed by atoms with Crippen LogP contribution in [0, 0.1) is 0 Å². The molecule has 0 aromatic rings. The van der Waals surface area contributed by atoms with E-state index in [1.807, 2.05) is 13.8 Å². The van der Waals surface area contributed by atoms with Crippen molar-refractivity contribution in [1.82, 2.24) is 0 Å². The van der Waals surface area contributed by atoms with Crippen molar-refractivity contribution in [2.24, 2.45) is 0 Å². The summed E-state index contributed by atoms with van der Waals surface area (Å²) in [5.74, 6) is 0.482. The van der Waals surface area contributed by atoms with Crippen molar-refractivity contribution in [3.8, 4) is 0 Å². The van der Waals surface area contributed by atoms with E-state index in [4.69, 9.17) is 11.6 Å². The second kappa shape index (κ2) is 4.61. The first-order valence-corrected chi connectivity index (χ1v) is 5.23. The Morgan fingerprint density at radius 2 is 2.07 bits per heavy atom. The van der Waals surface area contributed by atoms with Gasteiger partial charge in [0.25, 0.3) is 0 Å². The Bertz CT molecular complexity index is 345. The number of carbonyl (C=O) groups is 1. The van der Waals surface area contributed by atoms with Gasteiger partial charge in [-0.15, -0.1) is 11.6 Å². The van der Waals surface area contributed by atoms with Crippen molar-refractivity contribution in [1.29, 1.82) is 0 Å². The molecule has 0 aromatic carbocycles. The average molecular weight is 211 g/mol. The molecule has 14 heavy (non-hydrogen) atoms. The van der Waals surface area contributed by atoms with E-state index in [0.717, 1.165) is 35.0 Å². The van der Waals surface area contributed by atoms with Crippen molar-refractivity contribution in [3.05, 3.63) is 33.9 Å². The highest BCUT2D eigenvalue weighted by molar-refractivity contribution is 6.20. The van der Waals surface area contributed by atoms with Gasteiger partial charge < -0.3 is 0 Å². The van der Waals surface area contributed by atoms with Crippen LogP contribution in [0.15, 0.2) is 33.9 Å². The van der Waals surface area contributed by atoms with Crippen molar-refractivity contribution in [2.45, 2.75) is 27.2 Å². The molecule has 0 fully saturated rings. The Hall–Kier alpha value is -0.820. The third kappa shape index (κ3) is 1.98. The molecule has 76 valence electrons. The van der Waals surface area contributed by atoms with E-state index < -0.39 is 0 Å². The number of rotatable bonds is 2. The quantitative estimate of drug-likeness (QED) is 0.504. The van der Waals surface area contributed by atoms with Gasteiger partial charge in [0.05, 0.1) is 0 Å². The molecular weight excluding hydrogens is 196 g/mol. The Morgan fingerprint density at radius 1 is 1.43 bits per heavy atom. The fourth-order valence-corrected chi connectivity index (χ4v) is 2.14. The van der Waals surface area contributed by atoms with Crippen LogP contribution in [0.1, 0.15) is 27.2 Å². The van der Waals surface area contributed by atoms with Crippen molar-refractivity contribution in [2.75, 3.05) is 5.88 Å². The van der Waals surface area contributed by atoms with Gasteiger partial charge in [-0.1, -0.05) is 11.6 Å². The topological polar surface area (TPSA) is 17.1 Å². The van der Waals surface area contributed by atoms with Gasteiger partial charge in [0.15, 0.2) is 6.29 Å². The Morgan fingerprint density at radius 3 is 2.57 bits per heavy atom. The number of carbonyl (C=O) groups excluding carboxylic acids is 1. The Balaban J connectivity index is 3.32. The Kier molecular flexibility index (Phi) is 3.70. The van der Waals surface area contributed by atoms with Crippen LogP contribution in [0.2, 0.25) is 0 Å². The van der Waals surface area contributed by atoms with E-state index in [0.29, 0.717) is 5.88 Å². The standard InChI is InChI=1S/C12H15ClO/c1-8-4-5-9(2)12(7-14)10(3)11(8)6-13/h5,7H,4,6H2,1-3H3. The van der Waals surface area contributed by atoms with Gasteiger partial charge in [0, 0.05) is 11.5 Å². The monoisotopic (exact) mass is 210 g/mol. The maximum Gasteiger partial charge on any atom is 0.150 e. The summed E-state index contributed by atoms with van der Waals surface area (Å²) >= 11 is 5.88.